The molecule has 0 aliphatic carbocycles. The number of unbranched alkanes of at least 4 members (excludes halogenated alkanes) is 2. The van der Waals surface area contributed by atoms with Crippen LogP contribution in [0.1, 0.15) is 73.1 Å². The number of hydrogen-bond acceptors (Lipinski definition) is 23. The highest BCUT2D eigenvalue weighted by atomic mass is 35.5. The Bertz CT molecular complexity index is 3530. The third-order valence-corrected chi connectivity index (χ3v) is 18.4. The second-order valence-corrected chi connectivity index (χ2v) is 25.1. The van der Waals surface area contributed by atoms with Crippen molar-refractivity contribution in [3.8, 4) is 17.2 Å². The fourth-order valence-electron chi connectivity index (χ4n) is 12.4. The maximum atomic E-state index is 14.6. The van der Waals surface area contributed by atoms with Crippen LogP contribution < -0.4 is 29.3 Å². The van der Waals surface area contributed by atoms with Crippen molar-refractivity contribution in [3.63, 3.8) is 0 Å². The van der Waals surface area contributed by atoms with Crippen LogP contribution in [0, 0.1) is 0 Å². The third-order valence-electron chi connectivity index (χ3n) is 17.7. The summed E-state index contributed by atoms with van der Waals surface area (Å²) in [5.74, 6) is -0.186. The van der Waals surface area contributed by atoms with E-state index >= 15 is 0 Å². The molecule has 8 N–H and O–H groups in total. The molecule has 101 heavy (non-hydrogen) atoms. The van der Waals surface area contributed by atoms with E-state index in [1.165, 1.54) is 12.2 Å². The molecule has 1 unspecified atom stereocenters. The highest BCUT2D eigenvalue weighted by Gasteiger charge is 2.47. The number of benzene rings is 5. The van der Waals surface area contributed by atoms with E-state index in [0.29, 0.717) is 150 Å². The lowest BCUT2D eigenvalue weighted by Gasteiger charge is -2.40. The molecule has 0 aromatic heterocycles. The van der Waals surface area contributed by atoms with Crippen molar-refractivity contribution in [2.45, 2.75) is 112 Å². The Morgan fingerprint density at radius 1 is 0.535 bits per heavy atom. The predicted molar refractivity (Wildman–Crippen MR) is 375 cm³/mol. The molecule has 0 saturated carbocycles. The molecule has 4 heterocycles. The fourth-order valence-corrected chi connectivity index (χ4v) is 12.9. The standard InChI is InChI=1S/C73H93Cl2N3O23/c1-2-56-66(84)68(86)70(88)72(98-56)99-58-39-54-64(52-12-7-5-10-50(52)58)48(41-74)43-77(54)62(82)19-16-46-15-17-47(18-20-63(83)78-44-49(42-75)65-53-13-8-6-11-51(53)59(40-55(65)78)100-73-71(89)69(87)67(85)60(45-80)101-73)57(38-46)97-37-36-96-35-34-95-33-32-94-31-30-93-29-28-92-27-26-91-25-24-90-23-21-76-61(81)14-4-3-9-22-79/h5-8,10-13,15-20,22,38-40,48-49,56,60,66-73,80,84-89H,2-4,9,14,21,23-37,41-45H2,1H3,(H,76,81)/b19-16+,20-18+/t48-,49-,56-,60-,66-,67-,68+,69+,70-,71-,72?,73-/m1/s1. The van der Waals surface area contributed by atoms with Gasteiger partial charge in [-0.05, 0) is 64.9 Å². The first-order valence-electron chi connectivity index (χ1n) is 34.3. The van der Waals surface area contributed by atoms with Crippen molar-refractivity contribution < 1.29 is 112 Å². The molecule has 9 rings (SSSR count). The Balaban J connectivity index is 0.794. The van der Waals surface area contributed by atoms with Gasteiger partial charge < -0.3 is 112 Å². The molecule has 2 saturated heterocycles. The van der Waals surface area contributed by atoms with E-state index < -0.39 is 73.9 Å². The number of halogens is 2. The van der Waals surface area contributed by atoms with Crippen LogP contribution in [0.3, 0.4) is 0 Å². The van der Waals surface area contributed by atoms with Crippen LogP contribution in [0.25, 0.3) is 33.7 Å². The molecule has 28 heteroatoms. The number of aldehydes is 1. The van der Waals surface area contributed by atoms with Crippen molar-refractivity contribution in [1.82, 2.24) is 5.32 Å². The fraction of sp³-hybridized carbons (Fsp3) is 0.534. The summed E-state index contributed by atoms with van der Waals surface area (Å²) in [5, 5.41) is 79.7. The molecule has 5 aromatic carbocycles. The van der Waals surface area contributed by atoms with Crippen LogP contribution >= 0.6 is 23.2 Å². The number of fused-ring (bicyclic) bond motifs is 6. The highest BCUT2D eigenvalue weighted by Crippen LogP contribution is 2.48. The van der Waals surface area contributed by atoms with Crippen LogP contribution in [0.5, 0.6) is 17.2 Å². The van der Waals surface area contributed by atoms with E-state index in [9.17, 15) is 54.9 Å². The summed E-state index contributed by atoms with van der Waals surface area (Å²) in [6.07, 6.45) is -4.70. The van der Waals surface area contributed by atoms with E-state index in [1.54, 1.807) is 71.3 Å². The largest absolute Gasteiger partial charge is 0.491 e. The second-order valence-electron chi connectivity index (χ2n) is 24.5. The molecule has 3 amide bonds. The van der Waals surface area contributed by atoms with Gasteiger partial charge in [-0.1, -0.05) is 67.6 Å². The zero-order valence-electron chi connectivity index (χ0n) is 56.5. The van der Waals surface area contributed by atoms with Gasteiger partial charge in [0.25, 0.3) is 11.8 Å². The summed E-state index contributed by atoms with van der Waals surface area (Å²) in [5.41, 5.74) is 3.73. The third kappa shape index (κ3) is 21.1. The van der Waals surface area contributed by atoms with E-state index in [2.05, 4.69) is 5.32 Å². The average Bonchev–Trinajstić information content (AvgIpc) is 1.60. The summed E-state index contributed by atoms with van der Waals surface area (Å²) in [6.45, 7) is 7.02. The number of nitrogens with zero attached hydrogens (tertiary/aromatic N) is 2. The number of carbonyl (C=O) groups excluding carboxylic acids is 4. The van der Waals surface area contributed by atoms with Gasteiger partial charge in [0.05, 0.1) is 117 Å². The van der Waals surface area contributed by atoms with Crippen LogP contribution in [0.15, 0.2) is 91.0 Å². The monoisotopic (exact) mass is 1450 g/mol. The molecule has 0 bridgehead atoms. The first-order chi connectivity index (χ1) is 49.2. The van der Waals surface area contributed by atoms with Crippen molar-refractivity contribution >= 4 is 92.3 Å². The van der Waals surface area contributed by atoms with Gasteiger partial charge in [-0.3, -0.25) is 14.4 Å². The lowest BCUT2D eigenvalue weighted by molar-refractivity contribution is -0.277. The Morgan fingerprint density at radius 3 is 1.45 bits per heavy atom. The number of aliphatic hydroxyl groups is 7. The summed E-state index contributed by atoms with van der Waals surface area (Å²) < 4.78 is 69.9. The van der Waals surface area contributed by atoms with Crippen LogP contribution in [-0.2, 0) is 61.8 Å². The first-order valence-corrected chi connectivity index (χ1v) is 35.3. The van der Waals surface area contributed by atoms with Crippen molar-refractivity contribution in [1.29, 1.82) is 0 Å². The Labute approximate surface area is 596 Å². The zero-order valence-corrected chi connectivity index (χ0v) is 58.0. The Kier molecular flexibility index (Phi) is 31.6. The predicted octanol–water partition coefficient (Wildman–Crippen LogP) is 4.90. The van der Waals surface area contributed by atoms with E-state index in [0.717, 1.165) is 28.2 Å². The smallest absolute Gasteiger partial charge is 0.251 e. The maximum Gasteiger partial charge on any atom is 0.251 e. The normalized spacial score (nSPS) is 23.5. The number of aliphatic hydroxyl groups excluding tert-OH is 7. The van der Waals surface area contributed by atoms with Gasteiger partial charge in [0, 0.05) is 96.7 Å². The number of amides is 3. The molecule has 0 spiro atoms. The van der Waals surface area contributed by atoms with Crippen molar-refractivity contribution in [3.05, 3.63) is 113 Å². The number of ether oxygens (including phenoxy) is 12. The lowest BCUT2D eigenvalue weighted by Crippen LogP contribution is -2.60. The molecule has 5 aromatic rings. The molecule has 2 fully saturated rings. The van der Waals surface area contributed by atoms with Gasteiger partial charge in [0.15, 0.2) is 0 Å². The zero-order chi connectivity index (χ0) is 71.6. The molecule has 26 nitrogen and oxygen atoms in total. The summed E-state index contributed by atoms with van der Waals surface area (Å²) in [7, 11) is 0. The van der Waals surface area contributed by atoms with Crippen molar-refractivity contribution in [2.75, 3.05) is 147 Å². The Morgan fingerprint density at radius 2 is 0.980 bits per heavy atom. The average molecular weight is 1450 g/mol. The van der Waals surface area contributed by atoms with Gasteiger partial charge in [0.2, 0.25) is 18.5 Å². The lowest BCUT2D eigenvalue weighted by atomic mass is 9.95. The highest BCUT2D eigenvalue weighted by molar-refractivity contribution is 6.20. The summed E-state index contributed by atoms with van der Waals surface area (Å²) in [6, 6.07) is 23.4. The van der Waals surface area contributed by atoms with Crippen molar-refractivity contribution in [2.24, 2.45) is 0 Å². The topological polar surface area (TPSA) is 339 Å². The summed E-state index contributed by atoms with van der Waals surface area (Å²) in [4.78, 5) is 54.3. The van der Waals surface area contributed by atoms with E-state index in [-0.39, 0.29) is 86.4 Å². The molecule has 4 aliphatic rings. The second kappa shape index (κ2) is 40.5. The number of anilines is 2. The van der Waals surface area contributed by atoms with Gasteiger partial charge >= 0.3 is 0 Å². The van der Waals surface area contributed by atoms with E-state index in [4.69, 9.17) is 80.0 Å². The molecule has 4 aliphatic heterocycles. The quantitative estimate of drug-likeness (QED) is 0.0111. The van der Waals surface area contributed by atoms with Gasteiger partial charge in [0.1, 0.15) is 72.9 Å². The van der Waals surface area contributed by atoms with Gasteiger partial charge in [-0.2, -0.15) is 0 Å². The Hall–Kier alpha value is -6.48. The number of nitrogens with one attached hydrogen (secondary N) is 1. The van der Waals surface area contributed by atoms with Crippen LogP contribution in [0.4, 0.5) is 11.4 Å². The first kappa shape index (κ1) is 78.7. The van der Waals surface area contributed by atoms with E-state index in [1.807, 2.05) is 36.4 Å². The SMILES string of the molecule is CC[C@H]1OC(Oc2cc3c(c4ccccc24)[C@H](CCl)CN3C(=O)/C=C/c2ccc(/C=C/C(=O)N3C[C@@H](CCl)c4c3cc(O[C@@H]3O[C@H](CO)[C@@H](O)[C@H](O)[C@H]3O)c3ccccc43)c(OCCOCCOCCOCCOCCOCCOCCOCCNC(=O)CCCCC=O)c2)[C@H](O)[C@@H](O)[C@@H]1O. The minimum absolute atomic E-state index is 0.0528. The minimum atomic E-state index is -1.69. The molecular weight excluding hydrogens is 1360 g/mol. The number of carbonyl (C=O) groups is 4. The molecule has 0 radical (unpaired) electrons. The maximum absolute atomic E-state index is 14.6. The summed E-state index contributed by atoms with van der Waals surface area (Å²) >= 11 is 13.2. The van der Waals surface area contributed by atoms with Gasteiger partial charge in [-0.15, -0.1) is 23.2 Å². The molecule has 552 valence electrons. The molecular formula is C73H93Cl2N3O23. The minimum Gasteiger partial charge on any atom is -0.491 e. The number of alkyl halides is 2. The molecule has 12 atom stereocenters. The number of rotatable bonds is 42. The van der Waals surface area contributed by atoms with Crippen LogP contribution in [0.2, 0.25) is 0 Å². The van der Waals surface area contributed by atoms with Gasteiger partial charge in [-0.25, -0.2) is 0 Å². The number of hydrogen-bond donors (Lipinski definition) is 8. The van der Waals surface area contributed by atoms with Crippen LogP contribution in [-0.4, -0.2) is 258 Å².